The molecule has 2 aromatic rings. The van der Waals surface area contributed by atoms with E-state index >= 15 is 0 Å². The first kappa shape index (κ1) is 15.8. The van der Waals surface area contributed by atoms with Gasteiger partial charge in [-0.2, -0.15) is 0 Å². The lowest BCUT2D eigenvalue weighted by atomic mass is 9.99. The zero-order valence-electron chi connectivity index (χ0n) is 13.2. The summed E-state index contributed by atoms with van der Waals surface area (Å²) in [6.45, 7) is 5.91. The van der Waals surface area contributed by atoms with Crippen molar-refractivity contribution in [3.63, 3.8) is 0 Å². The van der Waals surface area contributed by atoms with Crippen LogP contribution in [0.3, 0.4) is 0 Å². The molecule has 0 spiro atoms. The van der Waals surface area contributed by atoms with E-state index in [0.29, 0.717) is 0 Å². The zero-order chi connectivity index (χ0) is 15.1. The molecule has 114 valence electrons. The van der Waals surface area contributed by atoms with Crippen molar-refractivity contribution < 1.29 is 9.15 Å². The molecule has 0 fully saturated rings. The van der Waals surface area contributed by atoms with Crippen molar-refractivity contribution in [2.24, 2.45) is 0 Å². The maximum atomic E-state index is 5.47. The molecule has 0 saturated heterocycles. The Morgan fingerprint density at radius 1 is 1.19 bits per heavy atom. The highest BCUT2D eigenvalue weighted by molar-refractivity contribution is 5.33. The van der Waals surface area contributed by atoms with Gasteiger partial charge >= 0.3 is 0 Å². The summed E-state index contributed by atoms with van der Waals surface area (Å²) in [5.41, 5.74) is 3.76. The van der Waals surface area contributed by atoms with Crippen LogP contribution in [0.5, 0.6) is 0 Å². The molecule has 1 unspecified atom stereocenters. The highest BCUT2D eigenvalue weighted by Crippen LogP contribution is 2.24. The number of benzene rings is 1. The van der Waals surface area contributed by atoms with Gasteiger partial charge in [-0.25, -0.2) is 0 Å². The average Bonchev–Trinajstić information content (AvgIpc) is 2.93. The van der Waals surface area contributed by atoms with Crippen molar-refractivity contribution >= 4 is 0 Å². The molecule has 1 aromatic heterocycles. The summed E-state index contributed by atoms with van der Waals surface area (Å²) in [5, 5.41) is 3.59. The molecule has 0 radical (unpaired) electrons. The first-order valence-corrected chi connectivity index (χ1v) is 7.60. The van der Waals surface area contributed by atoms with Gasteiger partial charge in [0.1, 0.15) is 5.76 Å². The lowest BCUT2D eigenvalue weighted by Crippen LogP contribution is -2.22. The molecule has 2 rings (SSSR count). The Balaban J connectivity index is 2.16. The van der Waals surface area contributed by atoms with E-state index in [0.717, 1.165) is 31.8 Å². The number of aryl methyl sites for hydroxylation is 1. The summed E-state index contributed by atoms with van der Waals surface area (Å²) in [6, 6.07) is 11.1. The average molecular weight is 287 g/mol. The third kappa shape index (κ3) is 4.45. The molecule has 0 aliphatic rings. The number of ether oxygens (including phenoxy) is 1. The molecule has 0 aliphatic heterocycles. The summed E-state index contributed by atoms with van der Waals surface area (Å²) >= 11 is 0. The first-order chi connectivity index (χ1) is 10.2. The predicted molar refractivity (Wildman–Crippen MR) is 85.6 cm³/mol. The summed E-state index contributed by atoms with van der Waals surface area (Å²) in [7, 11) is 1.74. The van der Waals surface area contributed by atoms with Crippen LogP contribution in [0, 0.1) is 6.92 Å². The van der Waals surface area contributed by atoms with Crippen molar-refractivity contribution in [3.05, 3.63) is 59.0 Å². The zero-order valence-corrected chi connectivity index (χ0v) is 13.2. The van der Waals surface area contributed by atoms with Crippen molar-refractivity contribution in [2.45, 2.75) is 32.7 Å². The third-order valence-electron chi connectivity index (χ3n) is 3.59. The maximum absolute atomic E-state index is 5.47. The van der Waals surface area contributed by atoms with E-state index in [4.69, 9.17) is 9.15 Å². The third-order valence-corrected chi connectivity index (χ3v) is 3.59. The minimum atomic E-state index is 0.193. The van der Waals surface area contributed by atoms with Gasteiger partial charge in [-0.3, -0.25) is 0 Å². The van der Waals surface area contributed by atoms with E-state index in [1.54, 1.807) is 7.11 Å². The maximum Gasteiger partial charge on any atom is 0.101 e. The van der Waals surface area contributed by atoms with Gasteiger partial charge in [0.2, 0.25) is 0 Å². The van der Waals surface area contributed by atoms with Gasteiger partial charge in [0.15, 0.2) is 0 Å². The lowest BCUT2D eigenvalue weighted by Gasteiger charge is -2.18. The second kappa shape index (κ2) is 8.01. The Hall–Kier alpha value is -1.58. The molecule has 3 heteroatoms. The van der Waals surface area contributed by atoms with E-state index in [-0.39, 0.29) is 6.04 Å². The largest absolute Gasteiger partial charge is 0.469 e. The first-order valence-electron chi connectivity index (χ1n) is 7.60. The molecule has 0 aliphatic carbocycles. The molecule has 0 saturated carbocycles. The van der Waals surface area contributed by atoms with Crippen molar-refractivity contribution in [2.75, 3.05) is 20.3 Å². The fraction of sp³-hybridized carbons (Fsp3) is 0.444. The quantitative estimate of drug-likeness (QED) is 0.800. The predicted octanol–water partition coefficient (Wildman–Crippen LogP) is 3.87. The number of methoxy groups -OCH3 is 1. The highest BCUT2D eigenvalue weighted by Gasteiger charge is 2.15. The fourth-order valence-corrected chi connectivity index (χ4v) is 2.43. The van der Waals surface area contributed by atoms with E-state index in [9.17, 15) is 0 Å². The van der Waals surface area contributed by atoms with Crippen LogP contribution in [0.2, 0.25) is 0 Å². The molecule has 0 amide bonds. The number of rotatable bonds is 8. The van der Waals surface area contributed by atoms with E-state index in [1.165, 1.54) is 16.7 Å². The molecular formula is C18H25NO2. The molecule has 1 atom stereocenters. The van der Waals surface area contributed by atoms with Crippen LogP contribution in [0.15, 0.2) is 41.0 Å². The second-order valence-electron chi connectivity index (χ2n) is 5.36. The van der Waals surface area contributed by atoms with E-state index in [1.807, 2.05) is 13.2 Å². The minimum absolute atomic E-state index is 0.193. The molecule has 3 nitrogen and oxygen atoms in total. The summed E-state index contributed by atoms with van der Waals surface area (Å²) < 4.78 is 10.6. The van der Waals surface area contributed by atoms with Gasteiger partial charge in [-0.1, -0.05) is 31.2 Å². The van der Waals surface area contributed by atoms with Crippen LogP contribution in [-0.2, 0) is 11.2 Å². The Kier molecular flexibility index (Phi) is 6.03. The van der Waals surface area contributed by atoms with Crippen molar-refractivity contribution in [1.82, 2.24) is 5.32 Å². The number of hydrogen-bond acceptors (Lipinski definition) is 3. The Morgan fingerprint density at radius 2 is 1.95 bits per heavy atom. The van der Waals surface area contributed by atoms with Gasteiger partial charge in [0.25, 0.3) is 0 Å². The second-order valence-corrected chi connectivity index (χ2v) is 5.36. The van der Waals surface area contributed by atoms with Gasteiger partial charge < -0.3 is 14.5 Å². The normalized spacial score (nSPS) is 12.5. The van der Waals surface area contributed by atoms with Crippen molar-refractivity contribution in [1.29, 1.82) is 0 Å². The standard InChI is InChI=1S/C18H25NO2/c1-4-10-19-18(17-12-14(2)21-13-17)16-7-5-15(6-8-16)9-11-20-3/h5-8,12-13,18-19H,4,9-11H2,1-3H3. The SMILES string of the molecule is CCCNC(c1ccc(CCOC)cc1)c1coc(C)c1. The lowest BCUT2D eigenvalue weighted by molar-refractivity contribution is 0.202. The summed E-state index contributed by atoms with van der Waals surface area (Å²) in [6.07, 6.45) is 3.91. The molecule has 21 heavy (non-hydrogen) atoms. The van der Waals surface area contributed by atoms with Gasteiger partial charge in [0, 0.05) is 12.7 Å². The molecular weight excluding hydrogens is 262 g/mol. The molecule has 0 bridgehead atoms. The van der Waals surface area contributed by atoms with Crippen molar-refractivity contribution in [3.8, 4) is 0 Å². The number of hydrogen-bond donors (Lipinski definition) is 1. The van der Waals surface area contributed by atoms with Crippen LogP contribution in [-0.4, -0.2) is 20.3 Å². The topological polar surface area (TPSA) is 34.4 Å². The Labute approximate surface area is 127 Å². The van der Waals surface area contributed by atoms with Crippen LogP contribution < -0.4 is 5.32 Å². The smallest absolute Gasteiger partial charge is 0.101 e. The Morgan fingerprint density at radius 3 is 2.52 bits per heavy atom. The number of nitrogens with one attached hydrogen (secondary N) is 1. The van der Waals surface area contributed by atoms with Gasteiger partial charge in [-0.15, -0.1) is 0 Å². The Bertz CT molecular complexity index is 530. The van der Waals surface area contributed by atoms with Crippen LogP contribution >= 0.6 is 0 Å². The fourth-order valence-electron chi connectivity index (χ4n) is 2.43. The van der Waals surface area contributed by atoms with Gasteiger partial charge in [0.05, 0.1) is 18.9 Å². The van der Waals surface area contributed by atoms with Gasteiger partial charge in [-0.05, 0) is 43.5 Å². The summed E-state index contributed by atoms with van der Waals surface area (Å²) in [4.78, 5) is 0. The molecule has 1 heterocycles. The monoisotopic (exact) mass is 287 g/mol. The van der Waals surface area contributed by atoms with Crippen LogP contribution in [0.4, 0.5) is 0 Å². The molecule has 1 N–H and O–H groups in total. The van der Waals surface area contributed by atoms with E-state index < -0.39 is 0 Å². The molecule has 1 aromatic carbocycles. The van der Waals surface area contributed by atoms with Crippen LogP contribution in [0.25, 0.3) is 0 Å². The van der Waals surface area contributed by atoms with Crippen LogP contribution in [0.1, 0.15) is 41.8 Å². The van der Waals surface area contributed by atoms with E-state index in [2.05, 4.69) is 42.6 Å². The summed E-state index contributed by atoms with van der Waals surface area (Å²) in [5.74, 6) is 0.949. The number of furan rings is 1. The minimum Gasteiger partial charge on any atom is -0.469 e. The highest BCUT2D eigenvalue weighted by atomic mass is 16.5.